The summed E-state index contributed by atoms with van der Waals surface area (Å²) in [5.74, 6) is -0.401. The Hall–Kier alpha value is -4.08. The van der Waals surface area contributed by atoms with Crippen molar-refractivity contribution in [3.05, 3.63) is 87.3 Å². The van der Waals surface area contributed by atoms with Gasteiger partial charge in [-0.25, -0.2) is 4.98 Å². The standard InChI is InChI=1S/C29H31N7O2/c1-34-10-12-35(13-11-34)17-19-4-2-7-22(14-19)32-29-31-16-24-26(37)25(27(30)38)18-36(28(24)33-29)23-9-8-20-5-3-6-21(20)15-23/h2,4,7-9,14-16,18H,3,5-6,10-13,17H2,1H3,(H2,30,38)(H,31,32,33). The number of aromatic nitrogens is 3. The van der Waals surface area contributed by atoms with Gasteiger partial charge in [0, 0.05) is 56.5 Å². The van der Waals surface area contributed by atoms with Gasteiger partial charge in [-0.05, 0) is 67.3 Å². The maximum atomic E-state index is 13.0. The first-order valence-electron chi connectivity index (χ1n) is 13.1. The van der Waals surface area contributed by atoms with Gasteiger partial charge in [-0.3, -0.25) is 14.5 Å². The number of carbonyl (C=O) groups is 1. The first kappa shape index (κ1) is 24.3. The highest BCUT2D eigenvalue weighted by atomic mass is 16.2. The Morgan fingerprint density at radius 3 is 2.68 bits per heavy atom. The van der Waals surface area contributed by atoms with Crippen LogP contribution >= 0.6 is 0 Å². The highest BCUT2D eigenvalue weighted by molar-refractivity contribution is 5.96. The normalized spacial score (nSPS) is 16.0. The van der Waals surface area contributed by atoms with Crippen molar-refractivity contribution in [1.82, 2.24) is 24.3 Å². The first-order valence-corrected chi connectivity index (χ1v) is 13.1. The molecule has 4 aromatic rings. The number of nitrogens with two attached hydrogens (primary N) is 1. The van der Waals surface area contributed by atoms with Crippen LogP contribution in [0.4, 0.5) is 11.6 Å². The van der Waals surface area contributed by atoms with E-state index in [1.165, 1.54) is 29.1 Å². The number of primary amides is 1. The van der Waals surface area contributed by atoms with Crippen LogP contribution in [-0.2, 0) is 19.4 Å². The molecule has 0 radical (unpaired) electrons. The Labute approximate surface area is 220 Å². The van der Waals surface area contributed by atoms with E-state index >= 15 is 0 Å². The van der Waals surface area contributed by atoms with Gasteiger partial charge in [0.2, 0.25) is 11.4 Å². The molecule has 1 saturated heterocycles. The summed E-state index contributed by atoms with van der Waals surface area (Å²) in [5, 5.41) is 3.55. The average Bonchev–Trinajstić information content (AvgIpc) is 3.38. The zero-order valence-corrected chi connectivity index (χ0v) is 21.5. The van der Waals surface area contributed by atoms with Crippen LogP contribution in [0.25, 0.3) is 16.7 Å². The lowest BCUT2D eigenvalue weighted by atomic mass is 10.1. The summed E-state index contributed by atoms with van der Waals surface area (Å²) in [7, 11) is 2.16. The van der Waals surface area contributed by atoms with Gasteiger partial charge in [0.05, 0.1) is 5.39 Å². The Kier molecular flexibility index (Phi) is 6.39. The summed E-state index contributed by atoms with van der Waals surface area (Å²) in [6.07, 6.45) is 6.17. The van der Waals surface area contributed by atoms with Crippen molar-refractivity contribution in [2.75, 3.05) is 38.5 Å². The number of benzene rings is 2. The highest BCUT2D eigenvalue weighted by Crippen LogP contribution is 2.26. The van der Waals surface area contributed by atoms with Crippen molar-refractivity contribution >= 4 is 28.6 Å². The van der Waals surface area contributed by atoms with Gasteiger partial charge in [0.15, 0.2) is 5.65 Å². The zero-order chi connectivity index (χ0) is 26.2. The third-order valence-corrected chi connectivity index (χ3v) is 7.56. The molecule has 3 heterocycles. The van der Waals surface area contributed by atoms with Crippen LogP contribution in [0.15, 0.2) is 59.7 Å². The SMILES string of the molecule is CN1CCN(Cc2cccc(Nc3ncc4c(=O)c(C(N)=O)cn(-c5ccc6c(c5)CCC6)c4n3)c2)CC1. The molecule has 194 valence electrons. The Balaban J connectivity index is 1.35. The smallest absolute Gasteiger partial charge is 0.254 e. The molecule has 2 aromatic heterocycles. The van der Waals surface area contributed by atoms with Gasteiger partial charge in [-0.2, -0.15) is 4.98 Å². The number of carbonyl (C=O) groups excluding carboxylic acids is 1. The molecule has 0 atom stereocenters. The molecule has 38 heavy (non-hydrogen) atoms. The summed E-state index contributed by atoms with van der Waals surface area (Å²) in [5.41, 5.74) is 10.9. The molecular formula is C29H31N7O2. The summed E-state index contributed by atoms with van der Waals surface area (Å²) in [6, 6.07) is 14.4. The third-order valence-electron chi connectivity index (χ3n) is 7.56. The van der Waals surface area contributed by atoms with Gasteiger partial charge >= 0.3 is 0 Å². The molecule has 1 amide bonds. The quantitative estimate of drug-likeness (QED) is 0.411. The predicted octanol–water partition coefficient (Wildman–Crippen LogP) is 2.86. The largest absolute Gasteiger partial charge is 0.365 e. The lowest BCUT2D eigenvalue weighted by Gasteiger charge is -2.32. The maximum Gasteiger partial charge on any atom is 0.254 e. The lowest BCUT2D eigenvalue weighted by molar-refractivity contribution is 0.0999. The Morgan fingerprint density at radius 1 is 1.05 bits per heavy atom. The molecule has 2 aromatic carbocycles. The van der Waals surface area contributed by atoms with Crippen LogP contribution < -0.4 is 16.5 Å². The van der Waals surface area contributed by atoms with Crippen molar-refractivity contribution in [1.29, 1.82) is 0 Å². The number of piperazine rings is 1. The van der Waals surface area contributed by atoms with Gasteiger partial charge in [-0.1, -0.05) is 18.2 Å². The molecule has 1 aliphatic carbocycles. The van der Waals surface area contributed by atoms with Gasteiger partial charge in [0.25, 0.3) is 5.91 Å². The summed E-state index contributed by atoms with van der Waals surface area (Å²) in [4.78, 5) is 39.1. The minimum absolute atomic E-state index is 0.0843. The monoisotopic (exact) mass is 509 g/mol. The molecular weight excluding hydrogens is 478 g/mol. The minimum atomic E-state index is -0.772. The molecule has 0 unspecified atom stereocenters. The molecule has 1 aliphatic heterocycles. The molecule has 9 nitrogen and oxygen atoms in total. The minimum Gasteiger partial charge on any atom is -0.365 e. The van der Waals surface area contributed by atoms with E-state index in [1.54, 1.807) is 4.57 Å². The second-order valence-electron chi connectivity index (χ2n) is 10.2. The van der Waals surface area contributed by atoms with E-state index in [0.29, 0.717) is 11.6 Å². The summed E-state index contributed by atoms with van der Waals surface area (Å²) < 4.78 is 1.77. The number of pyridine rings is 1. The van der Waals surface area contributed by atoms with Crippen LogP contribution in [0.5, 0.6) is 0 Å². The van der Waals surface area contributed by atoms with E-state index in [4.69, 9.17) is 10.7 Å². The first-order chi connectivity index (χ1) is 18.4. The van der Waals surface area contributed by atoms with E-state index in [1.807, 2.05) is 18.2 Å². The van der Waals surface area contributed by atoms with Gasteiger partial charge in [-0.15, -0.1) is 0 Å². The topological polar surface area (TPSA) is 109 Å². The summed E-state index contributed by atoms with van der Waals surface area (Å²) in [6.45, 7) is 5.14. The molecule has 3 N–H and O–H groups in total. The van der Waals surface area contributed by atoms with Gasteiger partial charge < -0.3 is 20.5 Å². The van der Waals surface area contributed by atoms with Crippen LogP contribution in [0.3, 0.4) is 0 Å². The van der Waals surface area contributed by atoms with Crippen LogP contribution in [0.2, 0.25) is 0 Å². The van der Waals surface area contributed by atoms with E-state index in [9.17, 15) is 9.59 Å². The number of nitrogens with one attached hydrogen (secondary N) is 1. The van der Waals surface area contributed by atoms with E-state index in [2.05, 4.69) is 51.4 Å². The number of hydrogen-bond donors (Lipinski definition) is 2. The number of nitrogens with zero attached hydrogens (tertiary/aromatic N) is 5. The zero-order valence-electron chi connectivity index (χ0n) is 21.5. The Bertz CT molecular complexity index is 1590. The van der Waals surface area contributed by atoms with Crippen molar-refractivity contribution in [2.45, 2.75) is 25.8 Å². The molecule has 0 bridgehead atoms. The maximum absolute atomic E-state index is 13.0. The number of aryl methyl sites for hydroxylation is 2. The van der Waals surface area contributed by atoms with Crippen LogP contribution in [-0.4, -0.2) is 63.5 Å². The number of anilines is 2. The number of amides is 1. The molecule has 9 heteroatoms. The van der Waals surface area contributed by atoms with E-state index in [0.717, 1.165) is 63.4 Å². The second-order valence-corrected chi connectivity index (χ2v) is 10.2. The lowest BCUT2D eigenvalue weighted by Crippen LogP contribution is -2.43. The van der Waals surface area contributed by atoms with Gasteiger partial charge in [0.1, 0.15) is 5.56 Å². The van der Waals surface area contributed by atoms with E-state index in [-0.39, 0.29) is 10.9 Å². The molecule has 0 saturated carbocycles. The number of likely N-dealkylation sites (N-methyl/N-ethyl adjacent to an activating group) is 1. The van der Waals surface area contributed by atoms with Crippen molar-refractivity contribution in [3.63, 3.8) is 0 Å². The third kappa shape index (κ3) is 4.78. The molecule has 0 spiro atoms. The molecule has 1 fully saturated rings. The van der Waals surface area contributed by atoms with Crippen molar-refractivity contribution in [2.24, 2.45) is 5.73 Å². The number of hydrogen-bond acceptors (Lipinski definition) is 7. The Morgan fingerprint density at radius 2 is 1.87 bits per heavy atom. The summed E-state index contributed by atoms with van der Waals surface area (Å²) >= 11 is 0. The number of fused-ring (bicyclic) bond motifs is 2. The number of rotatable bonds is 6. The molecule has 6 rings (SSSR count). The van der Waals surface area contributed by atoms with Crippen molar-refractivity contribution in [3.8, 4) is 5.69 Å². The van der Waals surface area contributed by atoms with E-state index < -0.39 is 11.3 Å². The highest BCUT2D eigenvalue weighted by Gasteiger charge is 2.19. The fourth-order valence-corrected chi connectivity index (χ4v) is 5.39. The van der Waals surface area contributed by atoms with Crippen LogP contribution in [0.1, 0.15) is 33.5 Å². The predicted molar refractivity (Wildman–Crippen MR) is 148 cm³/mol. The van der Waals surface area contributed by atoms with Crippen LogP contribution in [0, 0.1) is 0 Å². The average molecular weight is 510 g/mol. The molecule has 2 aliphatic rings. The van der Waals surface area contributed by atoms with Crippen molar-refractivity contribution < 1.29 is 4.79 Å². The second kappa shape index (κ2) is 10.00. The fourth-order valence-electron chi connectivity index (χ4n) is 5.39. The fraction of sp³-hybridized carbons (Fsp3) is 0.310.